The molecule has 1 atom stereocenters. The first-order chi connectivity index (χ1) is 8.67. The predicted molar refractivity (Wildman–Crippen MR) is 79.5 cm³/mol. The van der Waals surface area contributed by atoms with Gasteiger partial charge in [0.2, 0.25) is 0 Å². The third-order valence-electron chi connectivity index (χ3n) is 2.99. The summed E-state index contributed by atoms with van der Waals surface area (Å²) in [5, 5.41) is 9.00. The molecule has 1 aromatic rings. The largest absolute Gasteiger partial charge is 0.395 e. The Kier molecular flexibility index (Phi) is 7.51. The molecule has 0 aliphatic heterocycles. The van der Waals surface area contributed by atoms with Gasteiger partial charge in [-0.25, -0.2) is 0 Å². The molecule has 1 rings (SSSR count). The van der Waals surface area contributed by atoms with Crippen LogP contribution in [0.25, 0.3) is 0 Å². The zero-order chi connectivity index (χ0) is 13.4. The number of nitrogens with two attached hydrogens (primary N) is 1. The van der Waals surface area contributed by atoms with Gasteiger partial charge in [0.05, 0.1) is 6.61 Å². The van der Waals surface area contributed by atoms with E-state index in [-0.39, 0.29) is 12.6 Å². The summed E-state index contributed by atoms with van der Waals surface area (Å²) in [5.74, 6) is 0. The molecular weight excluding hydrogens is 292 g/mol. The molecule has 0 saturated carbocycles. The molecule has 4 heteroatoms. The van der Waals surface area contributed by atoms with Gasteiger partial charge >= 0.3 is 0 Å². The van der Waals surface area contributed by atoms with E-state index in [4.69, 9.17) is 10.8 Å². The lowest BCUT2D eigenvalue weighted by molar-refractivity contribution is 0.191. The number of rotatable bonds is 8. The molecular formula is C14H23BrN2O. The SMILES string of the molecule is CCCN(CCO)CCC(N)c1cccc(Br)c1. The molecule has 0 spiro atoms. The van der Waals surface area contributed by atoms with Crippen molar-refractivity contribution in [1.29, 1.82) is 0 Å². The Balaban J connectivity index is 2.46. The monoisotopic (exact) mass is 314 g/mol. The molecule has 3 N–H and O–H groups in total. The van der Waals surface area contributed by atoms with Crippen molar-refractivity contribution in [3.8, 4) is 0 Å². The number of aliphatic hydroxyl groups is 1. The second kappa shape index (κ2) is 8.64. The maximum absolute atomic E-state index is 9.00. The zero-order valence-corrected chi connectivity index (χ0v) is 12.6. The van der Waals surface area contributed by atoms with Crippen molar-refractivity contribution in [1.82, 2.24) is 4.90 Å². The van der Waals surface area contributed by atoms with E-state index >= 15 is 0 Å². The van der Waals surface area contributed by atoms with Crippen molar-refractivity contribution < 1.29 is 5.11 Å². The van der Waals surface area contributed by atoms with E-state index in [0.717, 1.165) is 42.5 Å². The van der Waals surface area contributed by atoms with Crippen LogP contribution in [-0.4, -0.2) is 36.2 Å². The maximum Gasteiger partial charge on any atom is 0.0558 e. The summed E-state index contributed by atoms with van der Waals surface area (Å²) in [7, 11) is 0. The first-order valence-corrected chi connectivity index (χ1v) is 7.31. The lowest BCUT2D eigenvalue weighted by Gasteiger charge is -2.22. The molecule has 0 fully saturated rings. The van der Waals surface area contributed by atoms with Crippen molar-refractivity contribution in [2.75, 3.05) is 26.2 Å². The van der Waals surface area contributed by atoms with E-state index < -0.39 is 0 Å². The van der Waals surface area contributed by atoms with Gasteiger partial charge in [-0.05, 0) is 37.1 Å². The van der Waals surface area contributed by atoms with E-state index in [1.165, 1.54) is 0 Å². The van der Waals surface area contributed by atoms with Crippen LogP contribution in [0.4, 0.5) is 0 Å². The van der Waals surface area contributed by atoms with E-state index in [9.17, 15) is 0 Å². The number of halogens is 1. The molecule has 0 saturated heterocycles. The van der Waals surface area contributed by atoms with Gasteiger partial charge in [0, 0.05) is 23.6 Å². The highest BCUT2D eigenvalue weighted by Gasteiger charge is 2.09. The van der Waals surface area contributed by atoms with Gasteiger partial charge in [0.25, 0.3) is 0 Å². The summed E-state index contributed by atoms with van der Waals surface area (Å²) >= 11 is 3.46. The highest BCUT2D eigenvalue weighted by atomic mass is 79.9. The minimum atomic E-state index is 0.0561. The average Bonchev–Trinajstić information content (AvgIpc) is 2.36. The quantitative estimate of drug-likeness (QED) is 0.775. The molecule has 0 radical (unpaired) electrons. The fraction of sp³-hybridized carbons (Fsp3) is 0.571. The smallest absolute Gasteiger partial charge is 0.0558 e. The van der Waals surface area contributed by atoms with Crippen LogP contribution in [-0.2, 0) is 0 Å². The van der Waals surface area contributed by atoms with Gasteiger partial charge in [0.1, 0.15) is 0 Å². The van der Waals surface area contributed by atoms with Gasteiger partial charge in [-0.3, -0.25) is 0 Å². The third kappa shape index (κ3) is 5.48. The molecule has 1 unspecified atom stereocenters. The Hall–Kier alpha value is -0.420. The van der Waals surface area contributed by atoms with Gasteiger partial charge < -0.3 is 15.7 Å². The van der Waals surface area contributed by atoms with E-state index in [0.29, 0.717) is 0 Å². The van der Waals surface area contributed by atoms with E-state index in [1.807, 2.05) is 12.1 Å². The van der Waals surface area contributed by atoms with Crippen molar-refractivity contribution >= 4 is 15.9 Å². The summed E-state index contributed by atoms with van der Waals surface area (Å²) in [5.41, 5.74) is 7.35. The van der Waals surface area contributed by atoms with Crippen LogP contribution in [0.5, 0.6) is 0 Å². The normalized spacial score (nSPS) is 12.9. The molecule has 1 aromatic carbocycles. The number of nitrogens with zero attached hydrogens (tertiary/aromatic N) is 1. The van der Waals surface area contributed by atoms with Crippen LogP contribution >= 0.6 is 15.9 Å². The Morgan fingerprint density at radius 2 is 2.11 bits per heavy atom. The summed E-state index contributed by atoms with van der Waals surface area (Å²) in [6.45, 7) is 5.05. The molecule has 0 heterocycles. The van der Waals surface area contributed by atoms with Crippen molar-refractivity contribution in [2.24, 2.45) is 5.73 Å². The summed E-state index contributed by atoms with van der Waals surface area (Å²) in [4.78, 5) is 2.26. The Bertz CT molecular complexity index is 340. The minimum Gasteiger partial charge on any atom is -0.395 e. The molecule has 0 aliphatic carbocycles. The predicted octanol–water partition coefficient (Wildman–Crippen LogP) is 2.54. The highest BCUT2D eigenvalue weighted by Crippen LogP contribution is 2.19. The lowest BCUT2D eigenvalue weighted by atomic mass is 10.0. The van der Waals surface area contributed by atoms with Crippen LogP contribution in [0, 0.1) is 0 Å². The average molecular weight is 315 g/mol. The van der Waals surface area contributed by atoms with Crippen LogP contribution in [0.15, 0.2) is 28.7 Å². The molecule has 0 aliphatic rings. The lowest BCUT2D eigenvalue weighted by Crippen LogP contribution is -2.30. The molecule has 3 nitrogen and oxygen atoms in total. The third-order valence-corrected chi connectivity index (χ3v) is 3.48. The summed E-state index contributed by atoms with van der Waals surface area (Å²) in [6, 6.07) is 8.20. The Morgan fingerprint density at radius 3 is 2.72 bits per heavy atom. The topological polar surface area (TPSA) is 49.5 Å². The fourth-order valence-corrected chi connectivity index (χ4v) is 2.44. The summed E-state index contributed by atoms with van der Waals surface area (Å²) in [6.07, 6.45) is 2.02. The molecule has 18 heavy (non-hydrogen) atoms. The van der Waals surface area contributed by atoms with Crippen LogP contribution in [0.2, 0.25) is 0 Å². The number of benzene rings is 1. The Morgan fingerprint density at radius 1 is 1.33 bits per heavy atom. The molecule has 0 bridgehead atoms. The zero-order valence-electron chi connectivity index (χ0n) is 11.0. The van der Waals surface area contributed by atoms with Gasteiger partial charge in [-0.1, -0.05) is 35.0 Å². The van der Waals surface area contributed by atoms with E-state index in [2.05, 4.69) is 39.9 Å². The van der Waals surface area contributed by atoms with Gasteiger partial charge in [-0.15, -0.1) is 0 Å². The van der Waals surface area contributed by atoms with Crippen LogP contribution in [0.3, 0.4) is 0 Å². The Labute approximate surface area is 118 Å². The molecule has 102 valence electrons. The molecule has 0 amide bonds. The van der Waals surface area contributed by atoms with Crippen molar-refractivity contribution in [3.63, 3.8) is 0 Å². The van der Waals surface area contributed by atoms with Gasteiger partial charge in [-0.2, -0.15) is 0 Å². The second-order valence-corrected chi connectivity index (χ2v) is 5.43. The first-order valence-electron chi connectivity index (χ1n) is 6.51. The van der Waals surface area contributed by atoms with Crippen LogP contribution in [0.1, 0.15) is 31.4 Å². The second-order valence-electron chi connectivity index (χ2n) is 4.52. The molecule has 0 aromatic heterocycles. The number of hydrogen-bond acceptors (Lipinski definition) is 3. The van der Waals surface area contributed by atoms with Crippen molar-refractivity contribution in [3.05, 3.63) is 34.3 Å². The minimum absolute atomic E-state index is 0.0561. The van der Waals surface area contributed by atoms with E-state index in [1.54, 1.807) is 0 Å². The van der Waals surface area contributed by atoms with Gasteiger partial charge in [0.15, 0.2) is 0 Å². The highest BCUT2D eigenvalue weighted by molar-refractivity contribution is 9.10. The maximum atomic E-state index is 9.00. The standard InChI is InChI=1S/C14H23BrN2O/c1-2-7-17(9-10-18)8-6-14(16)12-4-3-5-13(15)11-12/h3-5,11,14,18H,2,6-10,16H2,1H3. The summed E-state index contributed by atoms with van der Waals surface area (Å²) < 4.78 is 1.07. The number of hydrogen-bond donors (Lipinski definition) is 2. The number of aliphatic hydroxyl groups excluding tert-OH is 1. The fourth-order valence-electron chi connectivity index (χ4n) is 2.02. The van der Waals surface area contributed by atoms with Crippen molar-refractivity contribution in [2.45, 2.75) is 25.8 Å². The first kappa shape index (κ1) is 15.6. The van der Waals surface area contributed by atoms with Crippen LogP contribution < -0.4 is 5.73 Å².